The number of rotatable bonds is 5. The van der Waals surface area contributed by atoms with E-state index in [-0.39, 0.29) is 16.6 Å². The van der Waals surface area contributed by atoms with Gasteiger partial charge < -0.3 is 0 Å². The molecule has 0 aliphatic heterocycles. The molecule has 0 bridgehead atoms. The number of carbonyl (C=O) groups is 2. The van der Waals surface area contributed by atoms with Crippen molar-refractivity contribution in [3.05, 3.63) is 51.3 Å². The highest BCUT2D eigenvalue weighted by atomic mass is 35.5. The fourth-order valence-electron chi connectivity index (χ4n) is 2.58. The van der Waals surface area contributed by atoms with Crippen LogP contribution < -0.4 is 10.9 Å². The lowest BCUT2D eigenvalue weighted by molar-refractivity contribution is 0.0846. The SMILES string of the molecule is CCCCn1nc(C)c(C(=O)NNC(=O)c2ccc(C)cc2C)c1Cl. The van der Waals surface area contributed by atoms with Gasteiger partial charge in [0.05, 0.1) is 5.69 Å². The summed E-state index contributed by atoms with van der Waals surface area (Å²) in [6.07, 6.45) is 1.92. The first-order valence-corrected chi connectivity index (χ1v) is 8.63. The van der Waals surface area contributed by atoms with E-state index >= 15 is 0 Å². The second kappa shape index (κ2) is 8.16. The minimum atomic E-state index is -0.483. The average molecular weight is 363 g/mol. The molecule has 1 heterocycles. The van der Waals surface area contributed by atoms with Gasteiger partial charge in [0, 0.05) is 12.1 Å². The maximum atomic E-state index is 12.4. The van der Waals surface area contributed by atoms with E-state index in [4.69, 9.17) is 11.6 Å². The van der Waals surface area contributed by atoms with Crippen molar-refractivity contribution >= 4 is 23.4 Å². The normalized spacial score (nSPS) is 10.6. The predicted octanol–water partition coefficient (Wildman–Crippen LogP) is 3.34. The molecule has 0 spiro atoms. The van der Waals surface area contributed by atoms with Crippen molar-refractivity contribution in [2.75, 3.05) is 0 Å². The maximum absolute atomic E-state index is 12.4. The molecule has 0 saturated carbocycles. The highest BCUT2D eigenvalue weighted by molar-refractivity contribution is 6.33. The first kappa shape index (κ1) is 19.0. The third-order valence-corrected chi connectivity index (χ3v) is 4.32. The van der Waals surface area contributed by atoms with Gasteiger partial charge in [-0.15, -0.1) is 0 Å². The maximum Gasteiger partial charge on any atom is 0.274 e. The van der Waals surface area contributed by atoms with E-state index in [1.807, 2.05) is 26.0 Å². The topological polar surface area (TPSA) is 76.0 Å². The molecule has 0 aliphatic carbocycles. The highest BCUT2D eigenvalue weighted by Gasteiger charge is 2.21. The van der Waals surface area contributed by atoms with Crippen LogP contribution in [0, 0.1) is 20.8 Å². The quantitative estimate of drug-likeness (QED) is 0.801. The molecule has 0 saturated heterocycles. The first-order chi connectivity index (χ1) is 11.8. The molecule has 25 heavy (non-hydrogen) atoms. The van der Waals surface area contributed by atoms with Crippen molar-refractivity contribution < 1.29 is 9.59 Å². The van der Waals surface area contributed by atoms with Crippen molar-refractivity contribution in [3.8, 4) is 0 Å². The van der Waals surface area contributed by atoms with Crippen molar-refractivity contribution in [1.29, 1.82) is 0 Å². The van der Waals surface area contributed by atoms with E-state index in [1.165, 1.54) is 0 Å². The third-order valence-electron chi connectivity index (χ3n) is 3.93. The molecule has 1 aromatic heterocycles. The molecule has 0 aliphatic rings. The second-order valence-corrected chi connectivity index (χ2v) is 6.41. The average Bonchev–Trinajstić information content (AvgIpc) is 2.84. The molecule has 7 heteroatoms. The van der Waals surface area contributed by atoms with Crippen LogP contribution in [0.1, 0.15) is 57.3 Å². The van der Waals surface area contributed by atoms with Gasteiger partial charge in [0.2, 0.25) is 0 Å². The van der Waals surface area contributed by atoms with Crippen LogP contribution in [0.15, 0.2) is 18.2 Å². The molecule has 0 fully saturated rings. The van der Waals surface area contributed by atoms with Gasteiger partial charge in [0.25, 0.3) is 11.8 Å². The van der Waals surface area contributed by atoms with E-state index in [9.17, 15) is 9.59 Å². The minimum Gasteiger partial charge on any atom is -0.267 e. The molecule has 2 rings (SSSR count). The number of nitrogens with zero attached hydrogens (tertiary/aromatic N) is 2. The van der Waals surface area contributed by atoms with Gasteiger partial charge in [-0.3, -0.25) is 25.1 Å². The summed E-state index contributed by atoms with van der Waals surface area (Å²) >= 11 is 6.26. The molecular weight excluding hydrogens is 340 g/mol. The fourth-order valence-corrected chi connectivity index (χ4v) is 2.92. The van der Waals surface area contributed by atoms with Crippen molar-refractivity contribution in [3.63, 3.8) is 0 Å². The van der Waals surface area contributed by atoms with Crippen LogP contribution in [-0.4, -0.2) is 21.6 Å². The first-order valence-electron chi connectivity index (χ1n) is 8.26. The van der Waals surface area contributed by atoms with Crippen LogP contribution in [0.3, 0.4) is 0 Å². The van der Waals surface area contributed by atoms with E-state index in [0.29, 0.717) is 17.8 Å². The number of aromatic nitrogens is 2. The molecule has 2 N–H and O–H groups in total. The summed E-state index contributed by atoms with van der Waals surface area (Å²) in [5, 5.41) is 4.57. The number of halogens is 1. The Kier molecular flexibility index (Phi) is 6.20. The summed E-state index contributed by atoms with van der Waals surface area (Å²) in [4.78, 5) is 24.6. The highest BCUT2D eigenvalue weighted by Crippen LogP contribution is 2.20. The number of carbonyl (C=O) groups excluding carboxylic acids is 2. The summed E-state index contributed by atoms with van der Waals surface area (Å²) in [5.74, 6) is -0.860. The summed E-state index contributed by atoms with van der Waals surface area (Å²) < 4.78 is 1.61. The lowest BCUT2D eigenvalue weighted by atomic mass is 10.1. The van der Waals surface area contributed by atoms with Gasteiger partial charge in [0.15, 0.2) is 0 Å². The van der Waals surface area contributed by atoms with Crippen molar-refractivity contribution in [2.45, 2.75) is 47.1 Å². The van der Waals surface area contributed by atoms with E-state index < -0.39 is 5.91 Å². The fraction of sp³-hybridized carbons (Fsp3) is 0.389. The number of hydrogen-bond acceptors (Lipinski definition) is 3. The number of hydrazine groups is 1. The summed E-state index contributed by atoms with van der Waals surface area (Å²) in [5.41, 5.74) is 8.07. The Labute approximate surface area is 152 Å². The van der Waals surface area contributed by atoms with Gasteiger partial charge in [-0.25, -0.2) is 0 Å². The van der Waals surface area contributed by atoms with Crippen LogP contribution in [0.2, 0.25) is 5.15 Å². The summed E-state index contributed by atoms with van der Waals surface area (Å²) in [6.45, 7) is 8.24. The van der Waals surface area contributed by atoms with Gasteiger partial charge in [0.1, 0.15) is 10.7 Å². The van der Waals surface area contributed by atoms with Crippen molar-refractivity contribution in [2.24, 2.45) is 0 Å². The smallest absolute Gasteiger partial charge is 0.267 e. The zero-order chi connectivity index (χ0) is 18.6. The molecule has 1 aromatic carbocycles. The van der Waals surface area contributed by atoms with E-state index in [2.05, 4.69) is 22.9 Å². The van der Waals surface area contributed by atoms with Crippen LogP contribution in [0.25, 0.3) is 0 Å². The van der Waals surface area contributed by atoms with E-state index in [0.717, 1.165) is 24.0 Å². The number of unbranched alkanes of at least 4 members (excludes halogenated alkanes) is 1. The Morgan fingerprint density at radius 1 is 1.16 bits per heavy atom. The number of benzene rings is 1. The van der Waals surface area contributed by atoms with Crippen LogP contribution in [0.4, 0.5) is 0 Å². The Hall–Kier alpha value is -2.34. The Morgan fingerprint density at radius 3 is 2.48 bits per heavy atom. The zero-order valence-electron chi connectivity index (χ0n) is 14.9. The number of nitrogens with one attached hydrogen (secondary N) is 2. The molecule has 0 radical (unpaired) electrons. The van der Waals surface area contributed by atoms with Crippen LogP contribution >= 0.6 is 11.6 Å². The van der Waals surface area contributed by atoms with Crippen LogP contribution in [-0.2, 0) is 6.54 Å². The lowest BCUT2D eigenvalue weighted by Gasteiger charge is -2.10. The van der Waals surface area contributed by atoms with Gasteiger partial charge >= 0.3 is 0 Å². The van der Waals surface area contributed by atoms with Gasteiger partial charge in [-0.1, -0.05) is 42.6 Å². The van der Waals surface area contributed by atoms with E-state index in [1.54, 1.807) is 17.7 Å². The largest absolute Gasteiger partial charge is 0.274 e. The Balaban J connectivity index is 2.07. The summed E-state index contributed by atoms with van der Waals surface area (Å²) in [7, 11) is 0. The minimum absolute atomic E-state index is 0.277. The number of amides is 2. The van der Waals surface area contributed by atoms with Crippen molar-refractivity contribution in [1.82, 2.24) is 20.6 Å². The molecule has 134 valence electrons. The predicted molar refractivity (Wildman–Crippen MR) is 97.7 cm³/mol. The number of hydrogen-bond donors (Lipinski definition) is 2. The molecule has 0 unspecified atom stereocenters. The zero-order valence-corrected chi connectivity index (χ0v) is 15.7. The van der Waals surface area contributed by atoms with Gasteiger partial charge in [-0.05, 0) is 38.8 Å². The third kappa shape index (κ3) is 4.39. The molecular formula is C18H23ClN4O2. The van der Waals surface area contributed by atoms with Crippen LogP contribution in [0.5, 0.6) is 0 Å². The number of aryl methyl sites for hydroxylation is 4. The summed E-state index contributed by atoms with van der Waals surface area (Å²) in [6, 6.07) is 5.49. The molecule has 0 atom stereocenters. The Bertz CT molecular complexity index is 799. The molecule has 2 aromatic rings. The molecule has 6 nitrogen and oxygen atoms in total. The van der Waals surface area contributed by atoms with Gasteiger partial charge in [-0.2, -0.15) is 5.10 Å². The Morgan fingerprint density at radius 2 is 1.84 bits per heavy atom. The lowest BCUT2D eigenvalue weighted by Crippen LogP contribution is -2.42. The monoisotopic (exact) mass is 362 g/mol. The second-order valence-electron chi connectivity index (χ2n) is 6.05. The molecule has 2 amide bonds. The standard InChI is InChI=1S/C18H23ClN4O2/c1-5-6-9-23-16(19)15(13(4)22-23)18(25)21-20-17(24)14-8-7-11(2)10-12(14)3/h7-8,10H,5-6,9H2,1-4H3,(H,20,24)(H,21,25).